The maximum atomic E-state index is 15.1. The molecule has 4 aliphatic rings. The average molecular weight is 457 g/mol. The molecule has 3 fully saturated rings. The molecule has 0 saturated carbocycles. The molecule has 1 unspecified atom stereocenters. The van der Waals surface area contributed by atoms with Gasteiger partial charge in [-0.25, -0.2) is 4.39 Å². The highest BCUT2D eigenvalue weighted by atomic mass is 19.1. The van der Waals surface area contributed by atoms with Crippen LogP contribution in [0.2, 0.25) is 0 Å². The van der Waals surface area contributed by atoms with Gasteiger partial charge in [0.1, 0.15) is 11.9 Å². The van der Waals surface area contributed by atoms with Crippen LogP contribution in [0.1, 0.15) is 70.7 Å². The Bertz CT molecular complexity index is 998. The lowest BCUT2D eigenvalue weighted by Crippen LogP contribution is -2.54. The van der Waals surface area contributed by atoms with Crippen molar-refractivity contribution in [2.45, 2.75) is 50.5 Å². The van der Waals surface area contributed by atoms with Crippen molar-refractivity contribution in [1.82, 2.24) is 20.4 Å². The minimum Gasteiger partial charge on any atom is -0.317 e. The summed E-state index contributed by atoms with van der Waals surface area (Å²) in [7, 11) is 0. The number of hydrogen-bond donors (Lipinski definition) is 2. The van der Waals surface area contributed by atoms with Gasteiger partial charge >= 0.3 is 0 Å². The highest BCUT2D eigenvalue weighted by Crippen LogP contribution is 2.35. The molecule has 2 N–H and O–H groups in total. The lowest BCUT2D eigenvalue weighted by molar-refractivity contribution is -0.136. The summed E-state index contributed by atoms with van der Waals surface area (Å²) < 4.78 is 15.1. The van der Waals surface area contributed by atoms with Crippen molar-refractivity contribution in [3.63, 3.8) is 0 Å². The van der Waals surface area contributed by atoms with Crippen LogP contribution in [0.3, 0.4) is 0 Å². The van der Waals surface area contributed by atoms with E-state index in [0.717, 1.165) is 56.5 Å². The third-order valence-electron chi connectivity index (χ3n) is 7.56. The van der Waals surface area contributed by atoms with Crippen molar-refractivity contribution in [3.8, 4) is 0 Å². The summed E-state index contributed by atoms with van der Waals surface area (Å²) in [5.74, 6) is -2.12. The number of benzene rings is 1. The first kappa shape index (κ1) is 22.2. The zero-order valence-electron chi connectivity index (χ0n) is 18.6. The zero-order chi connectivity index (χ0) is 23.1. The summed E-state index contributed by atoms with van der Waals surface area (Å²) in [5.41, 5.74) is 0.620. The Morgan fingerprint density at radius 3 is 2.24 bits per heavy atom. The van der Waals surface area contributed by atoms with Gasteiger partial charge in [0.2, 0.25) is 11.8 Å². The molecule has 8 nitrogen and oxygen atoms in total. The third-order valence-corrected chi connectivity index (χ3v) is 7.56. The number of carbonyl (C=O) groups is 4. The van der Waals surface area contributed by atoms with E-state index < -0.39 is 35.5 Å². The largest absolute Gasteiger partial charge is 0.317 e. The van der Waals surface area contributed by atoms with Gasteiger partial charge in [-0.15, -0.1) is 0 Å². The first-order valence-electron chi connectivity index (χ1n) is 11.9. The van der Waals surface area contributed by atoms with E-state index in [2.05, 4.69) is 15.5 Å². The Morgan fingerprint density at radius 2 is 1.58 bits per heavy atom. The molecule has 5 rings (SSSR count). The number of halogens is 1. The lowest BCUT2D eigenvalue weighted by atomic mass is 9.86. The van der Waals surface area contributed by atoms with Crippen molar-refractivity contribution in [2.24, 2.45) is 5.92 Å². The van der Waals surface area contributed by atoms with Crippen LogP contribution in [-0.2, 0) is 9.59 Å². The topological polar surface area (TPSA) is 98.8 Å². The molecule has 4 amide bonds. The molecule has 4 aliphatic heterocycles. The van der Waals surface area contributed by atoms with Gasteiger partial charge in [-0.05, 0) is 87.8 Å². The number of likely N-dealkylation sites (tertiary alicyclic amines) is 1. The summed E-state index contributed by atoms with van der Waals surface area (Å²) >= 11 is 0. The van der Waals surface area contributed by atoms with E-state index in [9.17, 15) is 19.2 Å². The molecular formula is C24H29FN4O4. The first-order valence-corrected chi connectivity index (χ1v) is 11.9. The van der Waals surface area contributed by atoms with Gasteiger partial charge in [-0.3, -0.25) is 29.4 Å². The Morgan fingerprint density at radius 1 is 0.909 bits per heavy atom. The summed E-state index contributed by atoms with van der Waals surface area (Å²) in [4.78, 5) is 52.9. The van der Waals surface area contributed by atoms with Gasteiger partial charge in [0, 0.05) is 13.0 Å². The van der Waals surface area contributed by atoms with E-state index in [0.29, 0.717) is 11.5 Å². The first-order chi connectivity index (χ1) is 15.9. The molecule has 9 heteroatoms. The Balaban J connectivity index is 1.29. The van der Waals surface area contributed by atoms with E-state index in [1.165, 1.54) is 18.9 Å². The second-order valence-electron chi connectivity index (χ2n) is 9.63. The SMILES string of the molecule is O=C1CCC(N2C(=O)c3cc(F)c(C4CCN(CC5CCNCC5)CC4)cc3C2=O)C(=O)N1. The predicted molar refractivity (Wildman–Crippen MR) is 117 cm³/mol. The van der Waals surface area contributed by atoms with Gasteiger partial charge < -0.3 is 10.2 Å². The quantitative estimate of drug-likeness (QED) is 0.665. The summed E-state index contributed by atoms with van der Waals surface area (Å²) in [6.45, 7) is 5.00. The van der Waals surface area contributed by atoms with Gasteiger partial charge in [0.05, 0.1) is 11.1 Å². The fraction of sp³-hybridized carbons (Fsp3) is 0.583. The number of rotatable bonds is 4. The van der Waals surface area contributed by atoms with Crippen molar-refractivity contribution < 1.29 is 23.6 Å². The van der Waals surface area contributed by atoms with Gasteiger partial charge in [0.15, 0.2) is 0 Å². The number of nitrogens with zero attached hydrogens (tertiary/aromatic N) is 2. The van der Waals surface area contributed by atoms with Crippen LogP contribution < -0.4 is 10.6 Å². The van der Waals surface area contributed by atoms with Crippen molar-refractivity contribution in [3.05, 3.63) is 34.6 Å². The number of imide groups is 2. The third kappa shape index (κ3) is 4.19. The van der Waals surface area contributed by atoms with E-state index in [-0.39, 0.29) is 29.9 Å². The lowest BCUT2D eigenvalue weighted by Gasteiger charge is -2.35. The smallest absolute Gasteiger partial charge is 0.262 e. The van der Waals surface area contributed by atoms with Crippen LogP contribution in [0.25, 0.3) is 0 Å². The van der Waals surface area contributed by atoms with Gasteiger partial charge in [-0.2, -0.15) is 0 Å². The Labute approximate surface area is 191 Å². The highest BCUT2D eigenvalue weighted by molar-refractivity contribution is 6.23. The molecule has 3 saturated heterocycles. The summed E-state index contributed by atoms with van der Waals surface area (Å²) in [6.07, 6.45) is 4.14. The number of amides is 4. The Kier molecular flexibility index (Phi) is 6.01. The minimum atomic E-state index is -1.04. The molecule has 4 heterocycles. The molecule has 0 spiro atoms. The minimum absolute atomic E-state index is 0.00528. The van der Waals surface area contributed by atoms with Crippen LogP contribution in [0, 0.1) is 11.7 Å². The molecule has 1 aromatic rings. The second-order valence-corrected chi connectivity index (χ2v) is 9.63. The highest BCUT2D eigenvalue weighted by Gasteiger charge is 2.45. The molecule has 0 bridgehead atoms. The number of hydrogen-bond acceptors (Lipinski definition) is 6. The molecular weight excluding hydrogens is 427 g/mol. The fourth-order valence-electron chi connectivity index (χ4n) is 5.68. The maximum Gasteiger partial charge on any atom is 0.262 e. The molecule has 1 atom stereocenters. The van der Waals surface area contributed by atoms with E-state index in [4.69, 9.17) is 0 Å². The van der Waals surface area contributed by atoms with Crippen LogP contribution in [0.5, 0.6) is 0 Å². The van der Waals surface area contributed by atoms with Crippen LogP contribution in [0.4, 0.5) is 4.39 Å². The number of piperidine rings is 3. The van der Waals surface area contributed by atoms with Crippen LogP contribution in [0.15, 0.2) is 12.1 Å². The fourth-order valence-corrected chi connectivity index (χ4v) is 5.68. The Hall–Kier alpha value is -2.65. The monoisotopic (exact) mass is 456 g/mol. The normalized spacial score (nSPS) is 25.5. The van der Waals surface area contributed by atoms with Gasteiger partial charge in [0.25, 0.3) is 11.8 Å². The predicted octanol–water partition coefficient (Wildman–Crippen LogP) is 1.41. The molecule has 176 valence electrons. The van der Waals surface area contributed by atoms with Crippen LogP contribution >= 0.6 is 0 Å². The second kappa shape index (κ2) is 8.95. The molecule has 1 aromatic carbocycles. The molecule has 0 aromatic heterocycles. The van der Waals surface area contributed by atoms with Crippen molar-refractivity contribution in [2.75, 3.05) is 32.7 Å². The van der Waals surface area contributed by atoms with Crippen LogP contribution in [-0.4, -0.2) is 72.2 Å². The summed E-state index contributed by atoms with van der Waals surface area (Å²) in [5, 5.41) is 5.57. The van der Waals surface area contributed by atoms with Gasteiger partial charge in [-0.1, -0.05) is 0 Å². The number of carbonyl (C=O) groups excluding carboxylic acids is 4. The molecule has 0 radical (unpaired) electrons. The standard InChI is InChI=1S/C24H29FN4O4/c25-19-12-18-17(23(32)29(24(18)33)20-1-2-21(30)27-22(20)31)11-16(19)15-5-9-28(10-6-15)13-14-3-7-26-8-4-14/h11-12,14-15,20,26H,1-10,13H2,(H,27,30,31). The maximum absolute atomic E-state index is 15.1. The number of nitrogens with one attached hydrogen (secondary N) is 2. The van der Waals surface area contributed by atoms with E-state index in [1.54, 1.807) is 0 Å². The number of fused-ring (bicyclic) bond motifs is 1. The average Bonchev–Trinajstić information content (AvgIpc) is 3.04. The van der Waals surface area contributed by atoms with E-state index in [1.807, 2.05) is 0 Å². The summed E-state index contributed by atoms with van der Waals surface area (Å²) in [6, 6.07) is 1.63. The van der Waals surface area contributed by atoms with Crippen molar-refractivity contribution >= 4 is 23.6 Å². The molecule has 0 aliphatic carbocycles. The zero-order valence-corrected chi connectivity index (χ0v) is 18.6. The van der Waals surface area contributed by atoms with Crippen molar-refractivity contribution in [1.29, 1.82) is 0 Å². The molecule has 33 heavy (non-hydrogen) atoms. The van der Waals surface area contributed by atoms with E-state index >= 15 is 4.39 Å².